The topological polar surface area (TPSA) is 31.5 Å². The van der Waals surface area contributed by atoms with Gasteiger partial charge >= 0.3 is 0 Å². The molecular formula is C22H20BrN3O. The van der Waals surface area contributed by atoms with Gasteiger partial charge in [0.1, 0.15) is 11.4 Å². The van der Waals surface area contributed by atoms with Gasteiger partial charge in [0.2, 0.25) is 0 Å². The number of benzene rings is 2. The predicted octanol–water partition coefficient (Wildman–Crippen LogP) is 5.58. The first-order chi connectivity index (χ1) is 13.2. The summed E-state index contributed by atoms with van der Waals surface area (Å²) in [6.45, 7) is 1.00. The normalized spacial score (nSPS) is 13.7. The number of aromatic nitrogens is 3. The van der Waals surface area contributed by atoms with Crippen LogP contribution in [0.3, 0.4) is 0 Å². The van der Waals surface area contributed by atoms with Crippen molar-refractivity contribution >= 4 is 21.6 Å². The molecule has 1 aliphatic rings. The lowest BCUT2D eigenvalue weighted by Gasteiger charge is -2.07. The van der Waals surface area contributed by atoms with Gasteiger partial charge in [-0.15, -0.1) is 5.10 Å². The van der Waals surface area contributed by atoms with Gasteiger partial charge in [0.05, 0.1) is 7.11 Å². The fourth-order valence-corrected chi connectivity index (χ4v) is 4.43. The van der Waals surface area contributed by atoms with Crippen LogP contribution in [0.1, 0.15) is 18.4 Å². The van der Waals surface area contributed by atoms with E-state index in [1.165, 1.54) is 35.2 Å². The maximum Gasteiger partial charge on any atom is 0.162 e. The molecule has 4 nitrogen and oxygen atoms in total. The third-order valence-electron chi connectivity index (χ3n) is 5.32. The van der Waals surface area contributed by atoms with Crippen molar-refractivity contribution in [1.82, 2.24) is 14.2 Å². The minimum absolute atomic E-state index is 0.882. The molecule has 3 heterocycles. The lowest BCUT2D eigenvalue weighted by atomic mass is 10.0. The van der Waals surface area contributed by atoms with Crippen molar-refractivity contribution in [3.63, 3.8) is 0 Å². The lowest BCUT2D eigenvalue weighted by Crippen LogP contribution is -1.99. The highest BCUT2D eigenvalue weighted by Crippen LogP contribution is 2.35. The zero-order valence-electron chi connectivity index (χ0n) is 15.2. The standard InChI is InChI=1S/C22H20BrN3O/c1-27-18-10-8-15(9-11-18)20-14-26-22-19(20)7-2-3-12-25(22)21(24-26)16-5-4-6-17(23)13-16/h4-6,8-11,13-14H,2-3,7,12H2,1H3. The second-order valence-corrected chi connectivity index (χ2v) is 7.88. The van der Waals surface area contributed by atoms with Crippen molar-refractivity contribution in [3.05, 3.63) is 64.8 Å². The van der Waals surface area contributed by atoms with Gasteiger partial charge in [-0.05, 0) is 49.1 Å². The number of hydrogen-bond donors (Lipinski definition) is 0. The second kappa shape index (κ2) is 6.57. The molecule has 5 rings (SSSR count). The van der Waals surface area contributed by atoms with Gasteiger partial charge < -0.3 is 9.30 Å². The molecule has 4 aromatic rings. The summed E-state index contributed by atoms with van der Waals surface area (Å²) in [5.41, 5.74) is 6.26. The number of rotatable bonds is 3. The van der Waals surface area contributed by atoms with Crippen LogP contribution in [0.2, 0.25) is 0 Å². The average molecular weight is 422 g/mol. The number of hydrogen-bond acceptors (Lipinski definition) is 2. The molecular weight excluding hydrogens is 402 g/mol. The van der Waals surface area contributed by atoms with Crippen LogP contribution in [0.4, 0.5) is 0 Å². The molecule has 27 heavy (non-hydrogen) atoms. The van der Waals surface area contributed by atoms with E-state index in [0.29, 0.717) is 0 Å². The highest BCUT2D eigenvalue weighted by atomic mass is 79.9. The monoisotopic (exact) mass is 421 g/mol. The molecule has 0 saturated heterocycles. The van der Waals surface area contributed by atoms with Crippen LogP contribution in [-0.4, -0.2) is 21.3 Å². The summed E-state index contributed by atoms with van der Waals surface area (Å²) in [6.07, 6.45) is 5.63. The number of halogens is 1. The van der Waals surface area contributed by atoms with Crippen molar-refractivity contribution in [2.45, 2.75) is 25.8 Å². The average Bonchev–Trinajstić information content (AvgIpc) is 3.13. The molecule has 2 aromatic heterocycles. The van der Waals surface area contributed by atoms with E-state index < -0.39 is 0 Å². The number of aryl methyl sites for hydroxylation is 2. The molecule has 1 aliphatic heterocycles. The molecule has 0 saturated carbocycles. The maximum atomic E-state index is 5.30. The zero-order valence-corrected chi connectivity index (χ0v) is 16.7. The highest BCUT2D eigenvalue weighted by molar-refractivity contribution is 9.10. The molecule has 0 atom stereocenters. The Hall–Kier alpha value is -2.53. The fourth-order valence-electron chi connectivity index (χ4n) is 4.03. The molecule has 0 radical (unpaired) electrons. The van der Waals surface area contributed by atoms with Gasteiger partial charge in [-0.3, -0.25) is 0 Å². The second-order valence-electron chi connectivity index (χ2n) is 6.96. The van der Waals surface area contributed by atoms with E-state index in [2.05, 4.69) is 67.6 Å². The van der Waals surface area contributed by atoms with E-state index in [1.54, 1.807) is 7.11 Å². The first-order valence-electron chi connectivity index (χ1n) is 9.26. The van der Waals surface area contributed by atoms with E-state index in [4.69, 9.17) is 9.84 Å². The molecule has 0 amide bonds. The smallest absolute Gasteiger partial charge is 0.162 e. The molecule has 0 unspecified atom stereocenters. The zero-order chi connectivity index (χ0) is 18.4. The Morgan fingerprint density at radius 3 is 2.67 bits per heavy atom. The Morgan fingerprint density at radius 2 is 1.89 bits per heavy atom. The summed E-state index contributed by atoms with van der Waals surface area (Å²) in [7, 11) is 1.70. The fraction of sp³-hybridized carbons (Fsp3) is 0.227. The molecule has 5 heteroatoms. The first-order valence-corrected chi connectivity index (χ1v) is 10.0. The van der Waals surface area contributed by atoms with Crippen LogP contribution < -0.4 is 4.74 Å². The largest absolute Gasteiger partial charge is 0.497 e. The summed E-state index contributed by atoms with van der Waals surface area (Å²) in [5, 5.41) is 4.95. The van der Waals surface area contributed by atoms with E-state index in [-0.39, 0.29) is 0 Å². The van der Waals surface area contributed by atoms with Crippen LogP contribution in [0, 0.1) is 0 Å². The van der Waals surface area contributed by atoms with Crippen LogP contribution in [0.5, 0.6) is 5.75 Å². The van der Waals surface area contributed by atoms with Gasteiger partial charge in [-0.25, -0.2) is 4.52 Å². The summed E-state index contributed by atoms with van der Waals surface area (Å²) in [5.74, 6) is 1.92. The van der Waals surface area contributed by atoms with Crippen molar-refractivity contribution in [2.75, 3.05) is 7.11 Å². The summed E-state index contributed by atoms with van der Waals surface area (Å²) in [4.78, 5) is 0. The molecule has 0 N–H and O–H groups in total. The Bertz CT molecular complexity index is 1120. The van der Waals surface area contributed by atoms with Crippen molar-refractivity contribution < 1.29 is 4.74 Å². The van der Waals surface area contributed by atoms with Crippen molar-refractivity contribution in [2.24, 2.45) is 0 Å². The summed E-state index contributed by atoms with van der Waals surface area (Å²) in [6, 6.07) is 16.7. The highest BCUT2D eigenvalue weighted by Gasteiger charge is 2.23. The van der Waals surface area contributed by atoms with Crippen LogP contribution in [0.25, 0.3) is 28.2 Å². The Balaban J connectivity index is 1.70. The predicted molar refractivity (Wildman–Crippen MR) is 111 cm³/mol. The summed E-state index contributed by atoms with van der Waals surface area (Å²) < 4.78 is 10.8. The minimum Gasteiger partial charge on any atom is -0.497 e. The molecule has 136 valence electrons. The van der Waals surface area contributed by atoms with Gasteiger partial charge in [-0.1, -0.05) is 40.2 Å². The molecule has 0 fully saturated rings. The van der Waals surface area contributed by atoms with Crippen molar-refractivity contribution in [3.8, 4) is 28.3 Å². The first kappa shape index (κ1) is 16.6. The number of ether oxygens (including phenoxy) is 1. The minimum atomic E-state index is 0.882. The van der Waals surface area contributed by atoms with E-state index in [1.807, 2.05) is 12.1 Å². The van der Waals surface area contributed by atoms with E-state index >= 15 is 0 Å². The van der Waals surface area contributed by atoms with Gasteiger partial charge in [0.15, 0.2) is 5.82 Å². The molecule has 0 aliphatic carbocycles. The Kier molecular flexibility index (Phi) is 4.05. The Labute approximate surface area is 166 Å². The Morgan fingerprint density at radius 1 is 1.04 bits per heavy atom. The van der Waals surface area contributed by atoms with Crippen molar-refractivity contribution in [1.29, 1.82) is 0 Å². The van der Waals surface area contributed by atoms with E-state index in [0.717, 1.165) is 34.6 Å². The molecule has 0 spiro atoms. The van der Waals surface area contributed by atoms with Crippen LogP contribution in [0.15, 0.2) is 59.2 Å². The third kappa shape index (κ3) is 2.77. The van der Waals surface area contributed by atoms with Gasteiger partial charge in [0, 0.05) is 33.9 Å². The van der Waals surface area contributed by atoms with Gasteiger partial charge in [0.25, 0.3) is 0 Å². The summed E-state index contributed by atoms with van der Waals surface area (Å²) >= 11 is 3.58. The molecule has 0 bridgehead atoms. The number of methoxy groups -OCH3 is 1. The van der Waals surface area contributed by atoms with Crippen LogP contribution in [-0.2, 0) is 13.0 Å². The third-order valence-corrected chi connectivity index (χ3v) is 5.81. The number of nitrogens with zero attached hydrogens (tertiary/aromatic N) is 3. The van der Waals surface area contributed by atoms with E-state index in [9.17, 15) is 0 Å². The lowest BCUT2D eigenvalue weighted by molar-refractivity contribution is 0.415. The SMILES string of the molecule is COc1ccc(-c2cn3nc(-c4cccc(Br)c4)n4c3c2CCCC4)cc1. The van der Waals surface area contributed by atoms with Crippen LogP contribution >= 0.6 is 15.9 Å². The molecule has 2 aromatic carbocycles. The quantitative estimate of drug-likeness (QED) is 0.432. The van der Waals surface area contributed by atoms with Gasteiger partial charge in [-0.2, -0.15) is 0 Å². The maximum absolute atomic E-state index is 5.30.